The average molecular weight is 401 g/mol. The Balaban J connectivity index is 1.59. The Morgan fingerprint density at radius 2 is 1.89 bits per heavy atom. The lowest BCUT2D eigenvalue weighted by Crippen LogP contribution is -2.29. The van der Waals surface area contributed by atoms with Crippen molar-refractivity contribution in [2.75, 3.05) is 25.0 Å². The number of carbonyl (C=O) groups is 1. The molecule has 1 amide bonds. The predicted molar refractivity (Wildman–Crippen MR) is 107 cm³/mol. The zero-order chi connectivity index (χ0) is 19.7. The van der Waals surface area contributed by atoms with Crippen LogP contribution in [0.25, 0.3) is 0 Å². The number of nitrogens with zero attached hydrogens (tertiary/aromatic N) is 1. The fourth-order valence-electron chi connectivity index (χ4n) is 3.84. The molecule has 2 aromatic rings. The summed E-state index contributed by atoms with van der Waals surface area (Å²) in [6.45, 7) is 3.35. The number of anilines is 1. The number of sulfonamides is 1. The van der Waals surface area contributed by atoms with Crippen LogP contribution < -0.4 is 5.32 Å². The zero-order valence-electron chi connectivity index (χ0n) is 15.8. The Hall–Kier alpha value is -2.22. The summed E-state index contributed by atoms with van der Waals surface area (Å²) in [5.41, 5.74) is 3.10. The van der Waals surface area contributed by atoms with E-state index in [2.05, 4.69) is 5.32 Å². The number of hydrogen-bond donors (Lipinski definition) is 1. The van der Waals surface area contributed by atoms with Crippen molar-refractivity contribution in [1.82, 2.24) is 4.31 Å². The maximum atomic E-state index is 12.9. The van der Waals surface area contributed by atoms with Gasteiger partial charge in [-0.3, -0.25) is 4.79 Å². The van der Waals surface area contributed by atoms with Crippen LogP contribution in [0.4, 0.5) is 5.69 Å². The van der Waals surface area contributed by atoms with Crippen LogP contribution in [-0.2, 0) is 26.0 Å². The highest BCUT2D eigenvalue weighted by Gasteiger charge is 2.30. The topological polar surface area (TPSA) is 75.7 Å². The van der Waals surface area contributed by atoms with Gasteiger partial charge in [-0.05, 0) is 55.0 Å². The molecule has 1 saturated heterocycles. The number of fused-ring (bicyclic) bond motifs is 1. The van der Waals surface area contributed by atoms with Crippen LogP contribution in [0.3, 0.4) is 0 Å². The van der Waals surface area contributed by atoms with Gasteiger partial charge in [0.25, 0.3) is 5.91 Å². The molecule has 1 N–H and O–H groups in total. The van der Waals surface area contributed by atoms with Crippen molar-refractivity contribution in [3.8, 4) is 0 Å². The van der Waals surface area contributed by atoms with E-state index in [-0.39, 0.29) is 10.8 Å². The third-order valence-corrected chi connectivity index (χ3v) is 7.41. The fraction of sp³-hybridized carbons (Fsp3) is 0.381. The number of hydrogen-bond acceptors (Lipinski definition) is 4. The van der Waals surface area contributed by atoms with Gasteiger partial charge in [-0.15, -0.1) is 0 Å². The highest BCUT2D eigenvalue weighted by Crippen LogP contribution is 2.30. The number of ether oxygens (including phenoxy) is 1. The molecular weight excluding hydrogens is 376 g/mol. The second-order valence-corrected chi connectivity index (χ2v) is 9.19. The van der Waals surface area contributed by atoms with Crippen molar-refractivity contribution in [3.05, 3.63) is 59.2 Å². The predicted octanol–water partition coefficient (Wildman–Crippen LogP) is 3.03. The molecule has 7 heteroatoms. The first-order valence-electron chi connectivity index (χ1n) is 9.58. The molecule has 2 aliphatic rings. The van der Waals surface area contributed by atoms with Gasteiger partial charge in [0.15, 0.2) is 6.10 Å². The molecule has 1 atom stereocenters. The Kier molecular flexibility index (Phi) is 5.23. The Labute approximate surface area is 165 Å². The van der Waals surface area contributed by atoms with Gasteiger partial charge in [-0.25, -0.2) is 8.42 Å². The fourth-order valence-corrected chi connectivity index (χ4v) is 5.61. The third-order valence-electron chi connectivity index (χ3n) is 5.37. The SMILES string of the molecule is Cc1ccc(NC(=O)C2OCCc3ccccc32)cc1S(=O)(=O)N1CCCC1. The molecule has 2 heterocycles. The average Bonchev–Trinajstić information content (AvgIpc) is 3.24. The van der Waals surface area contributed by atoms with Gasteiger partial charge in [0, 0.05) is 18.8 Å². The van der Waals surface area contributed by atoms with Crippen LogP contribution in [0.1, 0.15) is 35.6 Å². The lowest BCUT2D eigenvalue weighted by molar-refractivity contribution is -0.128. The van der Waals surface area contributed by atoms with Crippen molar-refractivity contribution in [2.45, 2.75) is 37.2 Å². The van der Waals surface area contributed by atoms with Crippen molar-refractivity contribution in [1.29, 1.82) is 0 Å². The summed E-state index contributed by atoms with van der Waals surface area (Å²) in [6, 6.07) is 12.8. The van der Waals surface area contributed by atoms with Crippen LogP contribution in [-0.4, -0.2) is 38.3 Å². The van der Waals surface area contributed by atoms with Gasteiger partial charge < -0.3 is 10.1 Å². The lowest BCUT2D eigenvalue weighted by Gasteiger charge is -2.25. The van der Waals surface area contributed by atoms with Gasteiger partial charge in [0.1, 0.15) is 0 Å². The van der Waals surface area contributed by atoms with E-state index in [1.54, 1.807) is 25.1 Å². The summed E-state index contributed by atoms with van der Waals surface area (Å²) in [4.78, 5) is 13.1. The number of rotatable bonds is 4. The van der Waals surface area contributed by atoms with E-state index in [9.17, 15) is 13.2 Å². The quantitative estimate of drug-likeness (QED) is 0.856. The zero-order valence-corrected chi connectivity index (χ0v) is 16.7. The standard InChI is InChI=1S/C21H24N2O4S/c1-15-8-9-17(14-19(15)28(25,26)23-11-4-5-12-23)22-21(24)20-18-7-3-2-6-16(18)10-13-27-20/h2-3,6-9,14,20H,4-5,10-13H2,1H3,(H,22,24). The summed E-state index contributed by atoms with van der Waals surface area (Å²) >= 11 is 0. The first-order chi connectivity index (χ1) is 13.5. The number of benzene rings is 2. The normalized spacial score (nSPS) is 20.0. The minimum atomic E-state index is -3.55. The van der Waals surface area contributed by atoms with E-state index in [4.69, 9.17) is 4.74 Å². The van der Waals surface area contributed by atoms with Crippen LogP contribution in [0.2, 0.25) is 0 Å². The van der Waals surface area contributed by atoms with Gasteiger partial charge in [-0.1, -0.05) is 30.3 Å². The number of amides is 1. The van der Waals surface area contributed by atoms with E-state index in [1.807, 2.05) is 24.3 Å². The van der Waals surface area contributed by atoms with Crippen LogP contribution >= 0.6 is 0 Å². The highest BCUT2D eigenvalue weighted by atomic mass is 32.2. The second kappa shape index (κ2) is 7.66. The number of carbonyl (C=O) groups excluding carboxylic acids is 1. The molecule has 2 aliphatic heterocycles. The molecule has 28 heavy (non-hydrogen) atoms. The molecule has 4 rings (SSSR count). The van der Waals surface area contributed by atoms with Gasteiger partial charge in [-0.2, -0.15) is 4.31 Å². The Bertz CT molecular complexity index is 997. The molecule has 0 aliphatic carbocycles. The first-order valence-corrected chi connectivity index (χ1v) is 11.0. The minimum Gasteiger partial charge on any atom is -0.363 e. The third kappa shape index (κ3) is 3.57. The molecule has 0 aromatic heterocycles. The maximum absolute atomic E-state index is 12.9. The van der Waals surface area contributed by atoms with E-state index in [0.717, 1.165) is 30.4 Å². The van der Waals surface area contributed by atoms with Gasteiger partial charge >= 0.3 is 0 Å². The molecule has 1 fully saturated rings. The van der Waals surface area contributed by atoms with E-state index >= 15 is 0 Å². The number of nitrogens with one attached hydrogen (secondary N) is 1. The first kappa shape index (κ1) is 19.1. The van der Waals surface area contributed by atoms with Crippen molar-refractivity contribution in [2.24, 2.45) is 0 Å². The van der Waals surface area contributed by atoms with Crippen molar-refractivity contribution < 1.29 is 17.9 Å². The van der Waals surface area contributed by atoms with Crippen LogP contribution in [0.15, 0.2) is 47.4 Å². The summed E-state index contributed by atoms with van der Waals surface area (Å²) < 4.78 is 33.1. The molecule has 148 valence electrons. The number of aryl methyl sites for hydroxylation is 1. The Morgan fingerprint density at radius 1 is 1.14 bits per heavy atom. The van der Waals surface area contributed by atoms with Crippen LogP contribution in [0, 0.1) is 6.92 Å². The summed E-state index contributed by atoms with van der Waals surface area (Å²) in [5.74, 6) is -0.291. The summed E-state index contributed by atoms with van der Waals surface area (Å²) in [5, 5.41) is 2.84. The monoisotopic (exact) mass is 400 g/mol. The van der Waals surface area contributed by atoms with E-state index in [1.165, 1.54) is 4.31 Å². The molecule has 0 bridgehead atoms. The van der Waals surface area contributed by atoms with Gasteiger partial charge in [0.2, 0.25) is 10.0 Å². The molecule has 0 spiro atoms. The summed E-state index contributed by atoms with van der Waals surface area (Å²) in [6.07, 6.45) is 1.85. The largest absolute Gasteiger partial charge is 0.363 e. The molecule has 6 nitrogen and oxygen atoms in total. The van der Waals surface area contributed by atoms with Gasteiger partial charge in [0.05, 0.1) is 11.5 Å². The lowest BCUT2D eigenvalue weighted by atomic mass is 9.97. The van der Waals surface area contributed by atoms with E-state index < -0.39 is 16.1 Å². The Morgan fingerprint density at radius 3 is 2.68 bits per heavy atom. The second-order valence-electron chi connectivity index (χ2n) is 7.28. The maximum Gasteiger partial charge on any atom is 0.258 e. The molecule has 0 saturated carbocycles. The highest BCUT2D eigenvalue weighted by molar-refractivity contribution is 7.89. The smallest absolute Gasteiger partial charge is 0.258 e. The van der Waals surface area contributed by atoms with Crippen molar-refractivity contribution in [3.63, 3.8) is 0 Å². The summed E-state index contributed by atoms with van der Waals surface area (Å²) in [7, 11) is -3.55. The van der Waals surface area contributed by atoms with Crippen LogP contribution in [0.5, 0.6) is 0 Å². The van der Waals surface area contributed by atoms with E-state index in [0.29, 0.717) is 30.9 Å². The minimum absolute atomic E-state index is 0.247. The van der Waals surface area contributed by atoms with Crippen molar-refractivity contribution >= 4 is 21.6 Å². The molecule has 2 aromatic carbocycles. The molecule has 1 unspecified atom stereocenters. The molecular formula is C21H24N2O4S. The molecule has 0 radical (unpaired) electrons.